The molecule has 7 nitrogen and oxygen atoms in total. The summed E-state index contributed by atoms with van der Waals surface area (Å²) in [6.07, 6.45) is 1.81. The molecule has 0 saturated carbocycles. The van der Waals surface area contributed by atoms with Gasteiger partial charge in [0.2, 0.25) is 4.96 Å². The average molecular weight is 353 g/mol. The Bertz CT molecular complexity index is 992. The van der Waals surface area contributed by atoms with Crippen LogP contribution in [0.15, 0.2) is 42.6 Å². The Hall–Kier alpha value is -3.00. The molecule has 0 N–H and O–H groups in total. The number of fused-ring (bicyclic) bond motifs is 1. The van der Waals surface area contributed by atoms with E-state index in [0.717, 1.165) is 32.7 Å². The summed E-state index contributed by atoms with van der Waals surface area (Å²) in [4.78, 5) is 5.03. The van der Waals surface area contributed by atoms with Crippen LogP contribution in [0.4, 0.5) is 0 Å². The van der Waals surface area contributed by atoms with Crippen LogP contribution in [0.1, 0.15) is 11.5 Å². The minimum Gasteiger partial charge on any atom is -0.497 e. The van der Waals surface area contributed by atoms with Gasteiger partial charge in [0.1, 0.15) is 23.1 Å². The van der Waals surface area contributed by atoms with Crippen LogP contribution in [0, 0.1) is 6.92 Å². The van der Waals surface area contributed by atoms with Crippen molar-refractivity contribution in [3.63, 3.8) is 0 Å². The van der Waals surface area contributed by atoms with Crippen molar-refractivity contribution in [2.45, 2.75) is 13.5 Å². The van der Waals surface area contributed by atoms with E-state index in [1.54, 1.807) is 11.6 Å². The molecule has 8 heteroatoms. The molecular weight excluding hydrogens is 338 g/mol. The molecule has 0 saturated heterocycles. The molecule has 1 aromatic carbocycles. The smallest absolute Gasteiger partial charge is 0.235 e. The lowest BCUT2D eigenvalue weighted by atomic mass is 10.3. The van der Waals surface area contributed by atoms with Crippen molar-refractivity contribution in [1.82, 2.24) is 24.8 Å². The highest BCUT2D eigenvalue weighted by molar-refractivity contribution is 7.19. The molecule has 0 aliphatic carbocycles. The molecule has 0 atom stereocenters. The number of methoxy groups -OCH3 is 1. The zero-order valence-corrected chi connectivity index (χ0v) is 14.5. The lowest BCUT2D eigenvalue weighted by molar-refractivity contribution is 0.292. The van der Waals surface area contributed by atoms with Gasteiger partial charge in [-0.15, -0.1) is 10.2 Å². The quantitative estimate of drug-likeness (QED) is 0.549. The predicted molar refractivity (Wildman–Crippen MR) is 94.0 cm³/mol. The van der Waals surface area contributed by atoms with Crippen LogP contribution < -0.4 is 9.47 Å². The molecule has 0 bridgehead atoms. The summed E-state index contributed by atoms with van der Waals surface area (Å²) in [6.45, 7) is 2.24. The van der Waals surface area contributed by atoms with Gasteiger partial charge < -0.3 is 9.47 Å². The van der Waals surface area contributed by atoms with Crippen molar-refractivity contribution < 1.29 is 9.47 Å². The number of pyridine rings is 1. The summed E-state index contributed by atoms with van der Waals surface area (Å²) < 4.78 is 12.6. The van der Waals surface area contributed by atoms with Gasteiger partial charge in [-0.25, -0.2) is 0 Å². The maximum absolute atomic E-state index is 5.76. The third-order valence-electron chi connectivity index (χ3n) is 3.64. The van der Waals surface area contributed by atoms with Crippen molar-refractivity contribution in [3.8, 4) is 22.1 Å². The molecule has 4 aromatic rings. The molecule has 0 radical (unpaired) electrons. The lowest BCUT2D eigenvalue weighted by Gasteiger charge is -2.05. The average Bonchev–Trinajstić information content (AvgIpc) is 3.22. The van der Waals surface area contributed by atoms with E-state index in [1.165, 1.54) is 11.3 Å². The molecular formula is C17H15N5O2S. The van der Waals surface area contributed by atoms with Gasteiger partial charge in [-0.2, -0.15) is 9.61 Å². The second-order valence-electron chi connectivity index (χ2n) is 5.37. The fourth-order valence-electron chi connectivity index (χ4n) is 2.28. The van der Waals surface area contributed by atoms with Crippen LogP contribution in [0.3, 0.4) is 0 Å². The Labute approximate surface area is 147 Å². The second kappa shape index (κ2) is 6.48. The summed E-state index contributed by atoms with van der Waals surface area (Å²) in [5.41, 5.74) is 1.93. The number of hydrogen-bond donors (Lipinski definition) is 0. The van der Waals surface area contributed by atoms with Gasteiger partial charge in [0, 0.05) is 17.5 Å². The minimum absolute atomic E-state index is 0.281. The third kappa shape index (κ3) is 3.16. The van der Waals surface area contributed by atoms with Crippen LogP contribution in [-0.2, 0) is 6.61 Å². The topological polar surface area (TPSA) is 74.4 Å². The number of ether oxygens (including phenoxy) is 2. The molecule has 0 aliphatic rings. The van der Waals surface area contributed by atoms with Gasteiger partial charge in [-0.1, -0.05) is 11.3 Å². The van der Waals surface area contributed by atoms with Crippen molar-refractivity contribution >= 4 is 16.3 Å². The Morgan fingerprint density at radius 2 is 1.84 bits per heavy atom. The van der Waals surface area contributed by atoms with Gasteiger partial charge in [0.15, 0.2) is 5.82 Å². The zero-order chi connectivity index (χ0) is 17.2. The largest absolute Gasteiger partial charge is 0.497 e. The summed E-state index contributed by atoms with van der Waals surface area (Å²) >= 11 is 1.47. The molecule has 0 aliphatic heterocycles. The lowest BCUT2D eigenvalue weighted by Crippen LogP contribution is -2.02. The van der Waals surface area contributed by atoms with Crippen LogP contribution in [0.2, 0.25) is 0 Å². The molecule has 4 rings (SSSR count). The molecule has 0 unspecified atom stereocenters. The SMILES string of the molecule is COc1ccc(OCc2nnc3sc(-c4ccc(C)nc4)nn23)cc1. The first-order valence-corrected chi connectivity index (χ1v) is 8.45. The number of nitrogens with zero attached hydrogens (tertiary/aromatic N) is 5. The van der Waals surface area contributed by atoms with E-state index in [-0.39, 0.29) is 6.61 Å². The molecule has 0 fully saturated rings. The normalized spacial score (nSPS) is 11.0. The number of aryl methyl sites for hydroxylation is 1. The van der Waals surface area contributed by atoms with E-state index < -0.39 is 0 Å². The van der Waals surface area contributed by atoms with Crippen LogP contribution in [0.25, 0.3) is 15.5 Å². The van der Waals surface area contributed by atoms with Gasteiger partial charge in [-0.3, -0.25) is 4.98 Å². The van der Waals surface area contributed by atoms with Gasteiger partial charge in [0.25, 0.3) is 0 Å². The monoisotopic (exact) mass is 353 g/mol. The fraction of sp³-hybridized carbons (Fsp3) is 0.176. The van der Waals surface area contributed by atoms with E-state index >= 15 is 0 Å². The van der Waals surface area contributed by atoms with Crippen LogP contribution >= 0.6 is 11.3 Å². The maximum Gasteiger partial charge on any atom is 0.235 e. The first-order chi connectivity index (χ1) is 12.2. The van der Waals surface area contributed by atoms with Gasteiger partial charge in [0.05, 0.1) is 7.11 Å². The van der Waals surface area contributed by atoms with Crippen molar-refractivity contribution in [3.05, 3.63) is 54.1 Å². The van der Waals surface area contributed by atoms with Gasteiger partial charge >= 0.3 is 0 Å². The second-order valence-corrected chi connectivity index (χ2v) is 6.33. The molecule has 0 spiro atoms. The first-order valence-electron chi connectivity index (χ1n) is 7.64. The van der Waals surface area contributed by atoms with Crippen molar-refractivity contribution in [2.75, 3.05) is 7.11 Å². The molecule has 3 heterocycles. The fourth-order valence-corrected chi connectivity index (χ4v) is 3.13. The zero-order valence-electron chi connectivity index (χ0n) is 13.7. The standard InChI is InChI=1S/C17H15N5O2S/c1-11-3-4-12(9-18-11)16-21-22-15(19-20-17(22)25-16)10-24-14-7-5-13(23-2)6-8-14/h3-9H,10H2,1-2H3. The number of benzene rings is 1. The van der Waals surface area contributed by atoms with Crippen molar-refractivity contribution in [2.24, 2.45) is 0 Å². The van der Waals surface area contributed by atoms with E-state index in [2.05, 4.69) is 20.3 Å². The Morgan fingerprint density at radius 3 is 2.56 bits per heavy atom. The summed E-state index contributed by atoms with van der Waals surface area (Å²) in [5, 5.41) is 13.8. The summed E-state index contributed by atoms with van der Waals surface area (Å²) in [6, 6.07) is 11.4. The highest BCUT2D eigenvalue weighted by Gasteiger charge is 2.13. The van der Waals surface area contributed by atoms with Gasteiger partial charge in [-0.05, 0) is 43.3 Å². The van der Waals surface area contributed by atoms with Crippen LogP contribution in [0.5, 0.6) is 11.5 Å². The van der Waals surface area contributed by atoms with E-state index in [0.29, 0.717) is 5.82 Å². The Balaban J connectivity index is 1.54. The third-order valence-corrected chi connectivity index (χ3v) is 4.59. The molecule has 25 heavy (non-hydrogen) atoms. The Morgan fingerprint density at radius 1 is 1.04 bits per heavy atom. The minimum atomic E-state index is 0.281. The number of aromatic nitrogens is 5. The number of hydrogen-bond acceptors (Lipinski definition) is 7. The molecule has 126 valence electrons. The van der Waals surface area contributed by atoms with Crippen LogP contribution in [-0.4, -0.2) is 31.9 Å². The van der Waals surface area contributed by atoms with E-state index in [9.17, 15) is 0 Å². The van der Waals surface area contributed by atoms with E-state index in [4.69, 9.17) is 9.47 Å². The Kier molecular flexibility index (Phi) is 4.02. The predicted octanol–water partition coefficient (Wildman–Crippen LogP) is 3.14. The molecule has 3 aromatic heterocycles. The molecule has 0 amide bonds. The van der Waals surface area contributed by atoms with E-state index in [1.807, 2.05) is 49.5 Å². The highest BCUT2D eigenvalue weighted by Crippen LogP contribution is 2.25. The number of rotatable bonds is 5. The summed E-state index contributed by atoms with van der Waals surface area (Å²) in [7, 11) is 1.63. The first kappa shape index (κ1) is 15.5. The highest BCUT2D eigenvalue weighted by atomic mass is 32.1. The van der Waals surface area contributed by atoms with Crippen molar-refractivity contribution in [1.29, 1.82) is 0 Å². The maximum atomic E-state index is 5.76. The summed E-state index contributed by atoms with van der Waals surface area (Å²) in [5.74, 6) is 2.16.